The van der Waals surface area contributed by atoms with E-state index in [4.69, 9.17) is 9.97 Å². The Balaban J connectivity index is 1.59. The molecule has 2 N–H and O–H groups in total. The van der Waals surface area contributed by atoms with E-state index in [1.165, 1.54) is 48.9 Å². The summed E-state index contributed by atoms with van der Waals surface area (Å²) >= 11 is 0. The molecule has 0 unspecified atom stereocenters. The molecule has 0 atom stereocenters. The van der Waals surface area contributed by atoms with Crippen molar-refractivity contribution in [3.05, 3.63) is 41.1 Å². The van der Waals surface area contributed by atoms with E-state index in [2.05, 4.69) is 46.4 Å². The Morgan fingerprint density at radius 3 is 2.77 bits per heavy atom. The van der Waals surface area contributed by atoms with E-state index in [-0.39, 0.29) is 0 Å². The van der Waals surface area contributed by atoms with Crippen LogP contribution >= 0.6 is 0 Å². The van der Waals surface area contributed by atoms with Crippen molar-refractivity contribution < 1.29 is 0 Å². The van der Waals surface area contributed by atoms with Crippen LogP contribution < -0.4 is 10.2 Å². The van der Waals surface area contributed by atoms with Crippen molar-refractivity contribution in [1.29, 1.82) is 0 Å². The highest BCUT2D eigenvalue weighted by molar-refractivity contribution is 5.91. The van der Waals surface area contributed by atoms with E-state index >= 15 is 0 Å². The molecule has 3 aromatic rings. The molecule has 1 saturated heterocycles. The molecule has 0 amide bonds. The van der Waals surface area contributed by atoms with Gasteiger partial charge in [0, 0.05) is 24.5 Å². The van der Waals surface area contributed by atoms with Crippen molar-refractivity contribution in [2.75, 3.05) is 23.3 Å². The van der Waals surface area contributed by atoms with Crippen molar-refractivity contribution in [1.82, 2.24) is 15.0 Å². The number of hydrogen-bond acceptors (Lipinski definition) is 4. The summed E-state index contributed by atoms with van der Waals surface area (Å²) in [6, 6.07) is 8.76. The van der Waals surface area contributed by atoms with Gasteiger partial charge in [-0.15, -0.1) is 0 Å². The fraction of sp³-hybridized carbons (Fsp3) is 0.429. The summed E-state index contributed by atoms with van der Waals surface area (Å²) in [7, 11) is 0. The maximum Gasteiger partial charge on any atom is 0.229 e. The molecule has 2 aromatic heterocycles. The summed E-state index contributed by atoms with van der Waals surface area (Å²) in [5.41, 5.74) is 6.18. The zero-order valence-corrected chi connectivity index (χ0v) is 15.3. The second kappa shape index (κ2) is 6.31. The predicted molar refractivity (Wildman–Crippen MR) is 106 cm³/mol. The molecule has 3 heterocycles. The zero-order valence-electron chi connectivity index (χ0n) is 15.3. The van der Waals surface area contributed by atoms with Crippen molar-refractivity contribution in [3.8, 4) is 0 Å². The fourth-order valence-electron chi connectivity index (χ4n) is 4.31. The van der Waals surface area contributed by atoms with Crippen LogP contribution in [0.25, 0.3) is 11.0 Å². The maximum atomic E-state index is 4.92. The number of aryl methyl sites for hydroxylation is 2. The third-order valence-electron chi connectivity index (χ3n) is 5.65. The minimum Gasteiger partial charge on any atom is -0.343 e. The molecule has 5 nitrogen and oxygen atoms in total. The number of aromatic amines is 1. The Kier molecular flexibility index (Phi) is 3.80. The van der Waals surface area contributed by atoms with Gasteiger partial charge in [-0.05, 0) is 68.7 Å². The molecule has 26 heavy (non-hydrogen) atoms. The fourth-order valence-corrected chi connectivity index (χ4v) is 4.31. The van der Waals surface area contributed by atoms with Crippen LogP contribution in [-0.4, -0.2) is 28.0 Å². The molecule has 1 aliphatic carbocycles. The standard InChI is InChI=1S/C21H25N5/c1-14-13-17-19(22-14)24-21(26-11-4-5-12-26)25-20(17)23-18-10-6-8-15-7-2-3-9-16(15)18/h6,8,10,13H,2-5,7,9,11-12H2,1H3,(H2,22,23,24,25). The van der Waals surface area contributed by atoms with Gasteiger partial charge in [0.25, 0.3) is 0 Å². The number of rotatable bonds is 3. The average molecular weight is 347 g/mol. The van der Waals surface area contributed by atoms with Crippen LogP contribution in [0.3, 0.4) is 0 Å². The van der Waals surface area contributed by atoms with E-state index < -0.39 is 0 Å². The van der Waals surface area contributed by atoms with Crippen molar-refractivity contribution >= 4 is 28.5 Å². The Morgan fingerprint density at radius 1 is 1.04 bits per heavy atom. The molecule has 2 aliphatic rings. The van der Waals surface area contributed by atoms with Crippen LogP contribution in [-0.2, 0) is 12.8 Å². The minimum absolute atomic E-state index is 0.837. The van der Waals surface area contributed by atoms with Gasteiger partial charge in [-0.1, -0.05) is 12.1 Å². The van der Waals surface area contributed by atoms with Crippen LogP contribution in [0.4, 0.5) is 17.5 Å². The predicted octanol–water partition coefficient (Wildman–Crippen LogP) is 4.49. The third-order valence-corrected chi connectivity index (χ3v) is 5.65. The lowest BCUT2D eigenvalue weighted by atomic mass is 9.90. The van der Waals surface area contributed by atoms with Crippen LogP contribution in [0.15, 0.2) is 24.3 Å². The van der Waals surface area contributed by atoms with E-state index in [1.54, 1.807) is 0 Å². The number of nitrogens with zero attached hydrogens (tertiary/aromatic N) is 3. The van der Waals surface area contributed by atoms with E-state index in [0.717, 1.165) is 48.0 Å². The molecule has 1 aromatic carbocycles. The molecule has 1 aliphatic heterocycles. The van der Waals surface area contributed by atoms with E-state index in [0.29, 0.717) is 0 Å². The molecular formula is C21H25N5. The average Bonchev–Trinajstić information content (AvgIpc) is 3.31. The molecule has 0 saturated carbocycles. The first kappa shape index (κ1) is 15.7. The van der Waals surface area contributed by atoms with Gasteiger partial charge in [0.05, 0.1) is 5.39 Å². The summed E-state index contributed by atoms with van der Waals surface area (Å²) in [6.07, 6.45) is 7.35. The monoisotopic (exact) mass is 347 g/mol. The minimum atomic E-state index is 0.837. The number of hydrogen-bond donors (Lipinski definition) is 2. The van der Waals surface area contributed by atoms with E-state index in [1.807, 2.05) is 0 Å². The van der Waals surface area contributed by atoms with Gasteiger partial charge in [-0.3, -0.25) is 0 Å². The molecule has 5 rings (SSSR count). The Bertz CT molecular complexity index is 952. The van der Waals surface area contributed by atoms with Gasteiger partial charge in [-0.2, -0.15) is 9.97 Å². The lowest BCUT2D eigenvalue weighted by molar-refractivity contribution is 0.687. The summed E-state index contributed by atoms with van der Waals surface area (Å²) in [5, 5.41) is 4.72. The summed E-state index contributed by atoms with van der Waals surface area (Å²) in [5.74, 6) is 1.75. The van der Waals surface area contributed by atoms with Gasteiger partial charge in [-0.25, -0.2) is 0 Å². The number of aromatic nitrogens is 3. The largest absolute Gasteiger partial charge is 0.343 e. The summed E-state index contributed by atoms with van der Waals surface area (Å²) in [4.78, 5) is 15.4. The SMILES string of the molecule is Cc1cc2c(Nc3cccc4c3CCCC4)nc(N3CCCC3)nc2[nH]1. The summed E-state index contributed by atoms with van der Waals surface area (Å²) < 4.78 is 0. The second-order valence-electron chi connectivity index (χ2n) is 7.56. The molecule has 134 valence electrons. The van der Waals surface area contributed by atoms with Gasteiger partial charge in [0.15, 0.2) is 0 Å². The van der Waals surface area contributed by atoms with Gasteiger partial charge >= 0.3 is 0 Å². The number of H-pyrrole nitrogens is 1. The highest BCUT2D eigenvalue weighted by atomic mass is 15.3. The number of fused-ring (bicyclic) bond motifs is 2. The molecule has 0 radical (unpaired) electrons. The molecule has 0 spiro atoms. The lowest BCUT2D eigenvalue weighted by Gasteiger charge is -2.21. The first-order chi connectivity index (χ1) is 12.8. The Labute approximate surface area is 153 Å². The maximum absolute atomic E-state index is 4.92. The Hall–Kier alpha value is -2.56. The van der Waals surface area contributed by atoms with Crippen LogP contribution in [0.2, 0.25) is 0 Å². The zero-order chi connectivity index (χ0) is 17.5. The first-order valence-corrected chi connectivity index (χ1v) is 9.78. The van der Waals surface area contributed by atoms with Crippen molar-refractivity contribution in [2.24, 2.45) is 0 Å². The van der Waals surface area contributed by atoms with Crippen LogP contribution in [0, 0.1) is 6.92 Å². The van der Waals surface area contributed by atoms with E-state index in [9.17, 15) is 0 Å². The van der Waals surface area contributed by atoms with Gasteiger partial charge in [0.2, 0.25) is 5.95 Å². The molecule has 0 bridgehead atoms. The number of anilines is 3. The van der Waals surface area contributed by atoms with Crippen molar-refractivity contribution in [3.63, 3.8) is 0 Å². The van der Waals surface area contributed by atoms with Crippen LogP contribution in [0.1, 0.15) is 42.5 Å². The molecule has 1 fully saturated rings. The molecular weight excluding hydrogens is 322 g/mol. The van der Waals surface area contributed by atoms with Crippen LogP contribution in [0.5, 0.6) is 0 Å². The quantitative estimate of drug-likeness (QED) is 0.733. The highest BCUT2D eigenvalue weighted by Crippen LogP contribution is 2.33. The Morgan fingerprint density at radius 2 is 1.88 bits per heavy atom. The van der Waals surface area contributed by atoms with Gasteiger partial charge in [0.1, 0.15) is 11.5 Å². The first-order valence-electron chi connectivity index (χ1n) is 9.78. The third kappa shape index (κ3) is 2.71. The highest BCUT2D eigenvalue weighted by Gasteiger charge is 2.20. The number of nitrogens with one attached hydrogen (secondary N) is 2. The smallest absolute Gasteiger partial charge is 0.229 e. The second-order valence-corrected chi connectivity index (χ2v) is 7.56. The normalized spacial score (nSPS) is 16.9. The molecule has 5 heteroatoms. The topological polar surface area (TPSA) is 56.8 Å². The van der Waals surface area contributed by atoms with Crippen molar-refractivity contribution in [2.45, 2.75) is 45.4 Å². The van der Waals surface area contributed by atoms with Gasteiger partial charge < -0.3 is 15.2 Å². The lowest BCUT2D eigenvalue weighted by Crippen LogP contribution is -2.21. The number of benzene rings is 1. The summed E-state index contributed by atoms with van der Waals surface area (Å²) in [6.45, 7) is 4.17.